The van der Waals surface area contributed by atoms with Gasteiger partial charge in [-0.15, -0.1) is 11.6 Å². The first kappa shape index (κ1) is 10.6. The minimum Gasteiger partial charge on any atom is -0.237 e. The summed E-state index contributed by atoms with van der Waals surface area (Å²) in [5.41, 5.74) is 1.82. The summed E-state index contributed by atoms with van der Waals surface area (Å²) in [4.78, 5) is 8.55. The highest BCUT2D eigenvalue weighted by molar-refractivity contribution is 9.10. The van der Waals surface area contributed by atoms with Crippen LogP contribution in [0.15, 0.2) is 41.0 Å². The van der Waals surface area contributed by atoms with E-state index in [9.17, 15) is 0 Å². The van der Waals surface area contributed by atoms with Crippen molar-refractivity contribution in [1.29, 1.82) is 0 Å². The van der Waals surface area contributed by atoms with Gasteiger partial charge in [-0.2, -0.15) is 0 Å². The van der Waals surface area contributed by atoms with E-state index >= 15 is 0 Å². The third kappa shape index (κ3) is 2.55. The van der Waals surface area contributed by atoms with Gasteiger partial charge in [0, 0.05) is 16.2 Å². The molecule has 1 aromatic carbocycles. The first-order valence-corrected chi connectivity index (χ1v) is 5.76. The minimum atomic E-state index is 0.406. The highest BCUT2D eigenvalue weighted by Gasteiger charge is 2.02. The van der Waals surface area contributed by atoms with Crippen LogP contribution in [0.5, 0.6) is 0 Å². The highest BCUT2D eigenvalue weighted by atomic mass is 79.9. The Morgan fingerprint density at radius 1 is 1.27 bits per heavy atom. The molecule has 2 rings (SSSR count). The number of hydrogen-bond acceptors (Lipinski definition) is 2. The number of alkyl halides is 1. The maximum atomic E-state index is 5.72. The summed E-state index contributed by atoms with van der Waals surface area (Å²) in [6.45, 7) is 0. The largest absolute Gasteiger partial charge is 0.237 e. The molecular formula is C11H8BrClN2. The van der Waals surface area contributed by atoms with Crippen molar-refractivity contribution in [3.05, 3.63) is 46.7 Å². The molecule has 0 unspecified atom stereocenters. The quantitative estimate of drug-likeness (QED) is 0.786. The molecule has 0 amide bonds. The van der Waals surface area contributed by atoms with Crippen molar-refractivity contribution in [2.24, 2.45) is 0 Å². The van der Waals surface area contributed by atoms with Crippen LogP contribution in [0.1, 0.15) is 5.69 Å². The molecule has 0 aliphatic rings. The van der Waals surface area contributed by atoms with Gasteiger partial charge in [-0.25, -0.2) is 9.97 Å². The Balaban J connectivity index is 2.44. The van der Waals surface area contributed by atoms with Crippen molar-refractivity contribution in [2.75, 3.05) is 0 Å². The van der Waals surface area contributed by atoms with Gasteiger partial charge in [0.25, 0.3) is 0 Å². The Labute approximate surface area is 101 Å². The topological polar surface area (TPSA) is 25.8 Å². The Morgan fingerprint density at radius 3 is 2.87 bits per heavy atom. The molecule has 1 aromatic heterocycles. The molecule has 0 saturated carbocycles. The Hall–Kier alpha value is -0.930. The van der Waals surface area contributed by atoms with Crippen LogP contribution in [-0.2, 0) is 5.88 Å². The second-order valence-electron chi connectivity index (χ2n) is 3.02. The van der Waals surface area contributed by atoms with Gasteiger partial charge in [0.1, 0.15) is 0 Å². The average molecular weight is 284 g/mol. The van der Waals surface area contributed by atoms with E-state index in [0.717, 1.165) is 15.7 Å². The lowest BCUT2D eigenvalue weighted by Crippen LogP contribution is -1.92. The molecule has 0 spiro atoms. The van der Waals surface area contributed by atoms with Gasteiger partial charge in [-0.3, -0.25) is 0 Å². The summed E-state index contributed by atoms with van der Waals surface area (Å²) in [7, 11) is 0. The summed E-state index contributed by atoms with van der Waals surface area (Å²) >= 11 is 9.13. The molecule has 0 radical (unpaired) electrons. The molecule has 0 bridgehead atoms. The van der Waals surface area contributed by atoms with Crippen LogP contribution in [0.4, 0.5) is 0 Å². The smallest absolute Gasteiger partial charge is 0.159 e. The van der Waals surface area contributed by atoms with Crippen molar-refractivity contribution in [3.8, 4) is 11.4 Å². The molecule has 0 N–H and O–H groups in total. The summed E-state index contributed by atoms with van der Waals surface area (Å²) in [5, 5.41) is 0. The molecule has 0 aliphatic carbocycles. The van der Waals surface area contributed by atoms with E-state index in [0.29, 0.717) is 11.7 Å². The number of hydrogen-bond donors (Lipinski definition) is 0. The molecule has 0 fully saturated rings. The standard InChI is InChI=1S/C11H8BrClN2/c12-9-3-1-2-8(6-9)11-14-5-4-10(7-13)15-11/h1-6H,7H2. The Morgan fingerprint density at radius 2 is 2.13 bits per heavy atom. The molecule has 0 atom stereocenters. The Bertz CT molecular complexity index is 474. The first-order chi connectivity index (χ1) is 7.29. The predicted octanol–water partition coefficient (Wildman–Crippen LogP) is 3.64. The van der Waals surface area contributed by atoms with Gasteiger partial charge in [0.15, 0.2) is 5.82 Å². The molecule has 2 aromatic rings. The summed E-state index contributed by atoms with van der Waals surface area (Å²) in [6.07, 6.45) is 1.72. The van der Waals surface area contributed by atoms with E-state index in [1.54, 1.807) is 6.20 Å². The average Bonchev–Trinajstić information content (AvgIpc) is 2.29. The lowest BCUT2D eigenvalue weighted by Gasteiger charge is -2.01. The van der Waals surface area contributed by atoms with E-state index in [1.807, 2.05) is 30.3 Å². The molecular weight excluding hydrogens is 275 g/mol. The zero-order chi connectivity index (χ0) is 10.7. The summed E-state index contributed by atoms with van der Waals surface area (Å²) in [5.74, 6) is 1.11. The van der Waals surface area contributed by atoms with Gasteiger partial charge in [0.2, 0.25) is 0 Å². The summed E-state index contributed by atoms with van der Waals surface area (Å²) in [6, 6.07) is 9.69. The van der Waals surface area contributed by atoms with Crippen molar-refractivity contribution >= 4 is 27.5 Å². The van der Waals surface area contributed by atoms with Crippen LogP contribution in [0.3, 0.4) is 0 Å². The summed E-state index contributed by atoms with van der Waals surface area (Å²) < 4.78 is 1.01. The van der Waals surface area contributed by atoms with Crippen LogP contribution in [0.25, 0.3) is 11.4 Å². The van der Waals surface area contributed by atoms with E-state index in [4.69, 9.17) is 11.6 Å². The highest BCUT2D eigenvalue weighted by Crippen LogP contribution is 2.19. The fraction of sp³-hybridized carbons (Fsp3) is 0.0909. The zero-order valence-electron chi connectivity index (χ0n) is 7.82. The SMILES string of the molecule is ClCc1ccnc(-c2cccc(Br)c2)n1. The van der Waals surface area contributed by atoms with Gasteiger partial charge in [0.05, 0.1) is 11.6 Å². The first-order valence-electron chi connectivity index (χ1n) is 4.43. The lowest BCUT2D eigenvalue weighted by atomic mass is 10.2. The van der Waals surface area contributed by atoms with Crippen molar-refractivity contribution in [2.45, 2.75) is 5.88 Å². The van der Waals surface area contributed by atoms with E-state index < -0.39 is 0 Å². The predicted molar refractivity (Wildman–Crippen MR) is 64.7 cm³/mol. The minimum absolute atomic E-state index is 0.406. The van der Waals surface area contributed by atoms with E-state index in [1.165, 1.54) is 0 Å². The molecule has 76 valence electrons. The molecule has 0 aliphatic heterocycles. The fourth-order valence-corrected chi connectivity index (χ4v) is 1.79. The third-order valence-electron chi connectivity index (χ3n) is 1.93. The van der Waals surface area contributed by atoms with Gasteiger partial charge in [-0.05, 0) is 18.2 Å². The maximum absolute atomic E-state index is 5.72. The number of aromatic nitrogens is 2. The normalized spacial score (nSPS) is 10.3. The second kappa shape index (κ2) is 4.73. The molecule has 0 saturated heterocycles. The van der Waals surface area contributed by atoms with E-state index in [2.05, 4.69) is 25.9 Å². The van der Waals surface area contributed by atoms with Crippen LogP contribution in [0, 0.1) is 0 Å². The van der Waals surface area contributed by atoms with Crippen molar-refractivity contribution < 1.29 is 0 Å². The van der Waals surface area contributed by atoms with Crippen molar-refractivity contribution in [1.82, 2.24) is 9.97 Å². The number of benzene rings is 1. The van der Waals surface area contributed by atoms with Crippen LogP contribution < -0.4 is 0 Å². The van der Waals surface area contributed by atoms with Crippen LogP contribution >= 0.6 is 27.5 Å². The number of nitrogens with zero attached hydrogens (tertiary/aromatic N) is 2. The van der Waals surface area contributed by atoms with Gasteiger partial charge >= 0.3 is 0 Å². The van der Waals surface area contributed by atoms with Gasteiger partial charge < -0.3 is 0 Å². The molecule has 1 heterocycles. The molecule has 2 nitrogen and oxygen atoms in total. The van der Waals surface area contributed by atoms with E-state index in [-0.39, 0.29) is 0 Å². The third-order valence-corrected chi connectivity index (χ3v) is 2.70. The fourth-order valence-electron chi connectivity index (χ4n) is 1.24. The van der Waals surface area contributed by atoms with Gasteiger partial charge in [-0.1, -0.05) is 28.1 Å². The maximum Gasteiger partial charge on any atom is 0.159 e. The van der Waals surface area contributed by atoms with Crippen LogP contribution in [0.2, 0.25) is 0 Å². The second-order valence-corrected chi connectivity index (χ2v) is 4.20. The number of halogens is 2. The zero-order valence-corrected chi connectivity index (χ0v) is 10.2. The molecule has 15 heavy (non-hydrogen) atoms. The lowest BCUT2D eigenvalue weighted by molar-refractivity contribution is 1.09. The number of rotatable bonds is 2. The molecule has 4 heteroatoms. The monoisotopic (exact) mass is 282 g/mol. The Kier molecular flexibility index (Phi) is 3.34. The van der Waals surface area contributed by atoms with Crippen LogP contribution in [-0.4, -0.2) is 9.97 Å². The van der Waals surface area contributed by atoms with Crippen molar-refractivity contribution in [3.63, 3.8) is 0 Å².